The summed E-state index contributed by atoms with van der Waals surface area (Å²) >= 11 is 1.40. The predicted molar refractivity (Wildman–Crippen MR) is 84.7 cm³/mol. The molecule has 23 heavy (non-hydrogen) atoms. The summed E-state index contributed by atoms with van der Waals surface area (Å²) in [6, 6.07) is 6.59. The van der Waals surface area contributed by atoms with Crippen molar-refractivity contribution in [3.05, 3.63) is 57.5 Å². The van der Waals surface area contributed by atoms with Crippen LogP contribution in [0.4, 0.5) is 13.2 Å². The summed E-state index contributed by atoms with van der Waals surface area (Å²) in [6.45, 7) is 4.01. The molecule has 2 rings (SSSR count). The maximum Gasteiger partial charge on any atom is 0.416 e. The van der Waals surface area contributed by atoms with Crippen molar-refractivity contribution in [2.45, 2.75) is 43.3 Å². The first-order valence-corrected chi connectivity index (χ1v) is 8.09. The fourth-order valence-corrected chi connectivity index (χ4v) is 2.93. The second kappa shape index (κ2) is 7.21. The average molecular weight is 342 g/mol. The van der Waals surface area contributed by atoms with Crippen molar-refractivity contribution in [1.29, 1.82) is 0 Å². The van der Waals surface area contributed by atoms with Crippen LogP contribution in [-0.2, 0) is 12.6 Å². The van der Waals surface area contributed by atoms with Crippen molar-refractivity contribution in [2.75, 3.05) is 0 Å². The molecule has 124 valence electrons. The van der Waals surface area contributed by atoms with Crippen molar-refractivity contribution in [2.24, 2.45) is 0 Å². The molecule has 1 unspecified atom stereocenters. The average Bonchev–Trinajstić information content (AvgIpc) is 2.46. The van der Waals surface area contributed by atoms with Crippen LogP contribution in [0.2, 0.25) is 0 Å². The number of hydrogen-bond acceptors (Lipinski definition) is 3. The van der Waals surface area contributed by atoms with Gasteiger partial charge in [-0.05, 0) is 18.1 Å². The summed E-state index contributed by atoms with van der Waals surface area (Å²) in [4.78, 5) is 18.6. The molecule has 1 N–H and O–H groups in total. The van der Waals surface area contributed by atoms with Crippen molar-refractivity contribution in [1.82, 2.24) is 9.97 Å². The van der Waals surface area contributed by atoms with Gasteiger partial charge in [0.2, 0.25) is 0 Å². The first-order valence-electron chi connectivity index (χ1n) is 7.21. The van der Waals surface area contributed by atoms with Crippen LogP contribution in [-0.4, -0.2) is 15.2 Å². The summed E-state index contributed by atoms with van der Waals surface area (Å²) in [5, 5.41) is 0.696. The third-order valence-electron chi connectivity index (χ3n) is 3.36. The van der Waals surface area contributed by atoms with Crippen LogP contribution in [0.15, 0.2) is 40.3 Å². The molecule has 1 atom stereocenters. The number of thioether (sulfide) groups is 1. The van der Waals surface area contributed by atoms with Crippen molar-refractivity contribution in [3.8, 4) is 0 Å². The lowest BCUT2D eigenvalue weighted by Gasteiger charge is -2.13. The predicted octanol–water partition coefficient (Wildman–Crippen LogP) is 4.27. The first-order chi connectivity index (χ1) is 10.8. The van der Waals surface area contributed by atoms with E-state index in [0.29, 0.717) is 10.9 Å². The minimum atomic E-state index is -4.42. The van der Waals surface area contributed by atoms with E-state index in [9.17, 15) is 18.0 Å². The molecule has 0 bridgehead atoms. The lowest BCUT2D eigenvalue weighted by molar-refractivity contribution is -0.138. The number of H-pyrrole nitrogens is 1. The Bertz CT molecular complexity index is 728. The number of hydrogen-bond donors (Lipinski definition) is 1. The first kappa shape index (κ1) is 17.6. The summed E-state index contributed by atoms with van der Waals surface area (Å²) in [5.74, 6) is 0. The van der Waals surface area contributed by atoms with E-state index in [-0.39, 0.29) is 22.8 Å². The van der Waals surface area contributed by atoms with Gasteiger partial charge in [-0.3, -0.25) is 4.79 Å². The smallest absolute Gasteiger partial charge is 0.301 e. The summed E-state index contributed by atoms with van der Waals surface area (Å²) < 4.78 is 39.1. The maximum atomic E-state index is 13.0. The molecule has 7 heteroatoms. The number of nitrogens with one attached hydrogen (secondary N) is 1. The minimum absolute atomic E-state index is 0.0341. The molecule has 0 amide bonds. The summed E-state index contributed by atoms with van der Waals surface area (Å²) in [5.41, 5.74) is -0.614. The van der Waals surface area contributed by atoms with Crippen LogP contribution >= 0.6 is 11.8 Å². The van der Waals surface area contributed by atoms with Gasteiger partial charge in [-0.15, -0.1) is 0 Å². The molecule has 0 aliphatic heterocycles. The van der Waals surface area contributed by atoms with Crippen molar-refractivity contribution in [3.63, 3.8) is 0 Å². The molecule has 1 aromatic carbocycles. The van der Waals surface area contributed by atoms with Crippen LogP contribution in [0.25, 0.3) is 0 Å². The molecule has 0 aliphatic rings. The highest BCUT2D eigenvalue weighted by Gasteiger charge is 2.32. The Balaban J connectivity index is 2.33. The Hall–Kier alpha value is -1.76. The van der Waals surface area contributed by atoms with E-state index in [0.717, 1.165) is 12.5 Å². The normalized spacial score (nSPS) is 13.1. The summed E-state index contributed by atoms with van der Waals surface area (Å²) in [6.07, 6.45) is -3.56. The summed E-state index contributed by atoms with van der Waals surface area (Å²) in [7, 11) is 0. The number of rotatable bonds is 5. The van der Waals surface area contributed by atoms with Crippen LogP contribution in [0.1, 0.15) is 37.1 Å². The van der Waals surface area contributed by atoms with Gasteiger partial charge < -0.3 is 4.98 Å². The van der Waals surface area contributed by atoms with Crippen LogP contribution in [0.5, 0.6) is 0 Å². The van der Waals surface area contributed by atoms with E-state index >= 15 is 0 Å². The lowest BCUT2D eigenvalue weighted by atomic mass is 10.0. The van der Waals surface area contributed by atoms with Gasteiger partial charge in [-0.1, -0.05) is 43.8 Å². The fourth-order valence-electron chi connectivity index (χ4n) is 2.05. The number of nitrogens with zero attached hydrogens (tertiary/aromatic N) is 1. The van der Waals surface area contributed by atoms with E-state index < -0.39 is 11.7 Å². The van der Waals surface area contributed by atoms with Gasteiger partial charge in [-0.25, -0.2) is 4.98 Å². The maximum absolute atomic E-state index is 13.0. The lowest BCUT2D eigenvalue weighted by Crippen LogP contribution is -2.13. The number of halogens is 3. The molecule has 1 aromatic heterocycles. The number of aromatic nitrogens is 2. The molecule has 2 aromatic rings. The molecule has 0 saturated carbocycles. The SMILES string of the molecule is CCC(C)Sc1nc(Cc2ccccc2C(F)(F)F)cc(=O)[nH]1. The monoisotopic (exact) mass is 342 g/mol. The van der Waals surface area contributed by atoms with E-state index in [1.54, 1.807) is 6.07 Å². The van der Waals surface area contributed by atoms with Crippen molar-refractivity contribution >= 4 is 11.8 Å². The highest BCUT2D eigenvalue weighted by Crippen LogP contribution is 2.32. The molecule has 3 nitrogen and oxygen atoms in total. The molecule has 0 aliphatic carbocycles. The number of aromatic amines is 1. The van der Waals surface area contributed by atoms with E-state index in [4.69, 9.17) is 0 Å². The number of alkyl halides is 3. The molecule has 0 spiro atoms. The zero-order chi connectivity index (χ0) is 17.0. The minimum Gasteiger partial charge on any atom is -0.301 e. The standard InChI is InChI=1S/C16H17F3N2OS/c1-3-10(2)23-15-20-12(9-14(22)21-15)8-11-6-4-5-7-13(11)16(17,18)19/h4-7,9-10H,3,8H2,1-2H3,(H,20,21,22). The Morgan fingerprint density at radius 1 is 1.30 bits per heavy atom. The third-order valence-corrected chi connectivity index (χ3v) is 4.51. The van der Waals surface area contributed by atoms with E-state index in [1.807, 2.05) is 13.8 Å². The van der Waals surface area contributed by atoms with E-state index in [1.165, 1.54) is 30.0 Å². The quantitative estimate of drug-likeness (QED) is 0.652. The van der Waals surface area contributed by atoms with Gasteiger partial charge in [0.25, 0.3) is 5.56 Å². The molecular weight excluding hydrogens is 325 g/mol. The molecule has 0 radical (unpaired) electrons. The van der Waals surface area contributed by atoms with Crippen LogP contribution < -0.4 is 5.56 Å². The van der Waals surface area contributed by atoms with Gasteiger partial charge >= 0.3 is 6.18 Å². The topological polar surface area (TPSA) is 45.8 Å². The fraction of sp³-hybridized carbons (Fsp3) is 0.375. The Morgan fingerprint density at radius 2 is 2.00 bits per heavy atom. The van der Waals surface area contributed by atoms with Crippen molar-refractivity contribution < 1.29 is 13.2 Å². The Morgan fingerprint density at radius 3 is 2.65 bits per heavy atom. The van der Waals surface area contributed by atoms with Gasteiger partial charge in [0, 0.05) is 17.7 Å². The molecular formula is C16H17F3N2OS. The molecule has 1 heterocycles. The van der Waals surface area contributed by atoms with Gasteiger partial charge in [0.05, 0.1) is 11.3 Å². The zero-order valence-corrected chi connectivity index (χ0v) is 13.6. The van der Waals surface area contributed by atoms with Crippen LogP contribution in [0.3, 0.4) is 0 Å². The number of benzene rings is 1. The third kappa shape index (κ3) is 4.86. The second-order valence-electron chi connectivity index (χ2n) is 5.21. The highest BCUT2D eigenvalue weighted by atomic mass is 32.2. The zero-order valence-electron chi connectivity index (χ0n) is 12.8. The van der Waals surface area contributed by atoms with E-state index in [2.05, 4.69) is 9.97 Å². The van der Waals surface area contributed by atoms with Gasteiger partial charge in [-0.2, -0.15) is 13.2 Å². The largest absolute Gasteiger partial charge is 0.416 e. The second-order valence-corrected chi connectivity index (χ2v) is 6.64. The van der Waals surface area contributed by atoms with Crippen LogP contribution in [0, 0.1) is 0 Å². The van der Waals surface area contributed by atoms with Gasteiger partial charge in [0.1, 0.15) is 0 Å². The highest BCUT2D eigenvalue weighted by molar-refractivity contribution is 7.99. The Labute approximate surface area is 136 Å². The molecule has 0 fully saturated rings. The van der Waals surface area contributed by atoms with Gasteiger partial charge in [0.15, 0.2) is 5.16 Å². The molecule has 0 saturated heterocycles. The Kier molecular flexibility index (Phi) is 5.51.